The summed E-state index contributed by atoms with van der Waals surface area (Å²) < 4.78 is 11.6. The molecular formula is C19H17N5O3. The number of H-pyrrole nitrogens is 1. The molecule has 0 unspecified atom stereocenters. The summed E-state index contributed by atoms with van der Waals surface area (Å²) in [5, 5.41) is 17.1. The van der Waals surface area contributed by atoms with E-state index in [0.717, 1.165) is 16.5 Å². The van der Waals surface area contributed by atoms with Crippen molar-refractivity contribution in [3.05, 3.63) is 54.3 Å². The number of aromatic amines is 1. The van der Waals surface area contributed by atoms with Crippen molar-refractivity contribution in [3.8, 4) is 17.1 Å². The normalized spacial score (nSPS) is 11.1. The first-order valence-corrected chi connectivity index (χ1v) is 8.46. The van der Waals surface area contributed by atoms with Crippen LogP contribution in [0.3, 0.4) is 0 Å². The molecule has 2 aromatic heterocycles. The summed E-state index contributed by atoms with van der Waals surface area (Å²) >= 11 is 0. The number of carbonyl (C=O) groups is 1. The van der Waals surface area contributed by atoms with E-state index in [1.54, 1.807) is 0 Å². The standard InChI is InChI=1S/C19H17N5O3/c1-11(2)26-18-14-10-6-9-13(12-7-4-3-5-8-12)15(14)16(27-18)17(25)20-19-21-23-24-22-19/h3-11H,1-2H3,(H2,20,21,22,23,24,25). The van der Waals surface area contributed by atoms with Gasteiger partial charge in [-0.3, -0.25) is 10.1 Å². The number of ether oxygens (including phenoxy) is 1. The van der Waals surface area contributed by atoms with Crippen LogP contribution in [0.1, 0.15) is 24.4 Å². The average Bonchev–Trinajstić information content (AvgIpc) is 3.30. The van der Waals surface area contributed by atoms with Crippen LogP contribution >= 0.6 is 0 Å². The second kappa shape index (κ2) is 6.91. The third-order valence-corrected chi connectivity index (χ3v) is 3.92. The molecule has 0 aliphatic rings. The van der Waals surface area contributed by atoms with E-state index in [0.29, 0.717) is 11.3 Å². The van der Waals surface area contributed by atoms with Gasteiger partial charge in [-0.05, 0) is 41.5 Å². The largest absolute Gasteiger partial charge is 0.462 e. The Balaban J connectivity index is 1.89. The highest BCUT2D eigenvalue weighted by molar-refractivity contribution is 6.15. The van der Waals surface area contributed by atoms with E-state index in [9.17, 15) is 4.79 Å². The summed E-state index contributed by atoms with van der Waals surface area (Å²) in [5.74, 6) is 0.101. The Morgan fingerprint density at radius 2 is 1.96 bits per heavy atom. The molecule has 136 valence electrons. The number of anilines is 1. The minimum absolute atomic E-state index is 0.103. The highest BCUT2D eigenvalue weighted by Gasteiger charge is 2.24. The minimum atomic E-state index is -0.472. The highest BCUT2D eigenvalue weighted by Crippen LogP contribution is 2.39. The lowest BCUT2D eigenvalue weighted by atomic mass is 9.99. The molecule has 0 radical (unpaired) electrons. The van der Waals surface area contributed by atoms with E-state index < -0.39 is 5.91 Å². The van der Waals surface area contributed by atoms with E-state index in [1.165, 1.54) is 0 Å². The molecule has 0 spiro atoms. The van der Waals surface area contributed by atoms with Crippen LogP contribution in [0.15, 0.2) is 52.9 Å². The number of amides is 1. The van der Waals surface area contributed by atoms with Gasteiger partial charge in [-0.1, -0.05) is 47.6 Å². The molecular weight excluding hydrogens is 346 g/mol. The van der Waals surface area contributed by atoms with Crippen LogP contribution in [0.5, 0.6) is 5.95 Å². The van der Waals surface area contributed by atoms with E-state index in [1.807, 2.05) is 62.4 Å². The van der Waals surface area contributed by atoms with Crippen molar-refractivity contribution in [1.29, 1.82) is 0 Å². The molecule has 0 atom stereocenters. The van der Waals surface area contributed by atoms with Crippen LogP contribution in [0, 0.1) is 0 Å². The van der Waals surface area contributed by atoms with Crippen molar-refractivity contribution < 1.29 is 13.9 Å². The lowest BCUT2D eigenvalue weighted by Crippen LogP contribution is -2.12. The lowest BCUT2D eigenvalue weighted by molar-refractivity contribution is 0.0983. The predicted octanol–water partition coefficient (Wildman–Crippen LogP) is 3.65. The molecule has 1 amide bonds. The fourth-order valence-corrected chi connectivity index (χ4v) is 2.86. The number of rotatable bonds is 5. The number of hydrogen-bond acceptors (Lipinski definition) is 6. The van der Waals surface area contributed by atoms with Gasteiger partial charge < -0.3 is 9.15 Å². The molecule has 2 aromatic carbocycles. The number of tetrazole rings is 1. The molecule has 0 aliphatic carbocycles. The topological polar surface area (TPSA) is 106 Å². The van der Waals surface area contributed by atoms with Crippen molar-refractivity contribution in [2.75, 3.05) is 5.32 Å². The number of fused-ring (bicyclic) bond motifs is 1. The zero-order valence-electron chi connectivity index (χ0n) is 14.8. The summed E-state index contributed by atoms with van der Waals surface area (Å²) in [4.78, 5) is 12.8. The van der Waals surface area contributed by atoms with Crippen LogP contribution in [0.2, 0.25) is 0 Å². The molecule has 4 aromatic rings. The molecule has 0 saturated heterocycles. The lowest BCUT2D eigenvalue weighted by Gasteiger charge is -2.06. The van der Waals surface area contributed by atoms with Crippen molar-refractivity contribution in [2.45, 2.75) is 20.0 Å². The van der Waals surface area contributed by atoms with Crippen molar-refractivity contribution in [1.82, 2.24) is 20.6 Å². The summed E-state index contributed by atoms with van der Waals surface area (Å²) in [7, 11) is 0. The first kappa shape index (κ1) is 16.8. The molecule has 2 heterocycles. The molecule has 0 saturated carbocycles. The Kier molecular flexibility index (Phi) is 4.29. The van der Waals surface area contributed by atoms with Gasteiger partial charge in [-0.2, -0.15) is 0 Å². The predicted molar refractivity (Wildman–Crippen MR) is 99.5 cm³/mol. The van der Waals surface area contributed by atoms with Crippen LogP contribution in [0.25, 0.3) is 21.9 Å². The van der Waals surface area contributed by atoms with Crippen molar-refractivity contribution in [2.24, 2.45) is 0 Å². The number of aromatic nitrogens is 4. The number of hydrogen-bond donors (Lipinski definition) is 2. The van der Waals surface area contributed by atoms with Gasteiger partial charge in [0.2, 0.25) is 11.7 Å². The van der Waals surface area contributed by atoms with Gasteiger partial charge in [0.15, 0.2) is 0 Å². The van der Waals surface area contributed by atoms with Gasteiger partial charge in [0, 0.05) is 5.39 Å². The first-order valence-electron chi connectivity index (χ1n) is 8.46. The van der Waals surface area contributed by atoms with Crippen molar-refractivity contribution >= 4 is 22.6 Å². The molecule has 27 heavy (non-hydrogen) atoms. The number of furan rings is 1. The van der Waals surface area contributed by atoms with Crippen LogP contribution in [0.4, 0.5) is 5.95 Å². The Morgan fingerprint density at radius 3 is 2.67 bits per heavy atom. The van der Waals surface area contributed by atoms with Gasteiger partial charge in [0.05, 0.1) is 11.5 Å². The van der Waals surface area contributed by atoms with E-state index in [-0.39, 0.29) is 17.8 Å². The zero-order valence-corrected chi connectivity index (χ0v) is 14.8. The van der Waals surface area contributed by atoms with Crippen molar-refractivity contribution in [3.63, 3.8) is 0 Å². The van der Waals surface area contributed by atoms with Gasteiger partial charge in [0.1, 0.15) is 0 Å². The third kappa shape index (κ3) is 3.24. The Bertz CT molecular complexity index is 1070. The van der Waals surface area contributed by atoms with Gasteiger partial charge in [-0.25, -0.2) is 5.10 Å². The number of benzene rings is 2. The molecule has 4 rings (SSSR count). The fourth-order valence-electron chi connectivity index (χ4n) is 2.86. The summed E-state index contributed by atoms with van der Waals surface area (Å²) in [6.07, 6.45) is -0.103. The molecule has 0 bridgehead atoms. The first-order chi connectivity index (χ1) is 13.1. The van der Waals surface area contributed by atoms with Crippen LogP contribution < -0.4 is 10.1 Å². The molecule has 0 aliphatic heterocycles. The molecule has 8 heteroatoms. The van der Waals surface area contributed by atoms with E-state index in [4.69, 9.17) is 9.15 Å². The van der Waals surface area contributed by atoms with E-state index >= 15 is 0 Å². The molecule has 0 fully saturated rings. The smallest absolute Gasteiger partial charge is 0.294 e. The fraction of sp³-hybridized carbons (Fsp3) is 0.158. The third-order valence-electron chi connectivity index (χ3n) is 3.92. The maximum absolute atomic E-state index is 12.8. The Morgan fingerprint density at radius 1 is 1.15 bits per heavy atom. The highest BCUT2D eigenvalue weighted by atomic mass is 16.6. The number of nitrogens with zero attached hydrogens (tertiary/aromatic N) is 3. The quantitative estimate of drug-likeness (QED) is 0.560. The zero-order chi connectivity index (χ0) is 18.8. The van der Waals surface area contributed by atoms with E-state index in [2.05, 4.69) is 25.9 Å². The van der Waals surface area contributed by atoms with Gasteiger partial charge in [-0.15, -0.1) is 0 Å². The summed E-state index contributed by atoms with van der Waals surface area (Å²) in [5.41, 5.74) is 1.84. The Hall–Kier alpha value is -3.68. The summed E-state index contributed by atoms with van der Waals surface area (Å²) in [6, 6.07) is 15.5. The Labute approximate surface area is 154 Å². The maximum Gasteiger partial charge on any atom is 0.294 e. The monoisotopic (exact) mass is 363 g/mol. The van der Waals surface area contributed by atoms with Crippen LogP contribution in [-0.4, -0.2) is 32.6 Å². The maximum atomic E-state index is 12.8. The number of carbonyl (C=O) groups excluding carboxylic acids is 1. The second-order valence-corrected chi connectivity index (χ2v) is 6.18. The van der Waals surface area contributed by atoms with Gasteiger partial charge >= 0.3 is 0 Å². The SMILES string of the molecule is CC(C)Oc1oc(C(=O)Nc2nnn[nH]2)c2c(-c3ccccc3)cccc12. The minimum Gasteiger partial charge on any atom is -0.462 e. The van der Waals surface area contributed by atoms with Gasteiger partial charge in [0.25, 0.3) is 11.9 Å². The molecule has 2 N–H and O–H groups in total. The average molecular weight is 363 g/mol. The molecule has 8 nitrogen and oxygen atoms in total. The second-order valence-electron chi connectivity index (χ2n) is 6.18. The number of nitrogens with one attached hydrogen (secondary N) is 2. The van der Waals surface area contributed by atoms with Crippen LogP contribution in [-0.2, 0) is 0 Å². The summed E-state index contributed by atoms with van der Waals surface area (Å²) in [6.45, 7) is 3.80.